The molecule has 3 N–H and O–H groups in total. The van der Waals surface area contributed by atoms with Gasteiger partial charge in [-0.3, -0.25) is 4.57 Å². The van der Waals surface area contributed by atoms with E-state index in [1.807, 2.05) is 29.5 Å². The van der Waals surface area contributed by atoms with Crippen molar-refractivity contribution < 1.29 is 9.84 Å². The lowest BCUT2D eigenvalue weighted by molar-refractivity contribution is -0.0217. The molecular weight excluding hydrogens is 337 g/mol. The molecule has 1 saturated heterocycles. The van der Waals surface area contributed by atoms with Crippen LogP contribution in [-0.2, 0) is 4.74 Å². The Hall–Kier alpha value is -0.670. The predicted octanol–water partition coefficient (Wildman–Crippen LogP) is 0.488. The van der Waals surface area contributed by atoms with Gasteiger partial charge in [0.1, 0.15) is 12.0 Å². The molecule has 0 radical (unpaired) electrons. The fourth-order valence-corrected chi connectivity index (χ4v) is 2.34. The second-order valence-electron chi connectivity index (χ2n) is 4.00. The van der Waals surface area contributed by atoms with Crippen LogP contribution in [0, 0.1) is 3.57 Å². The Bertz CT molecular complexity index is 476. The Morgan fingerprint density at radius 2 is 2.47 bits per heavy atom. The predicted molar refractivity (Wildman–Crippen MR) is 70.5 cm³/mol. The number of aromatic nitrogens is 2. The van der Waals surface area contributed by atoms with Gasteiger partial charge in [0, 0.05) is 12.6 Å². The summed E-state index contributed by atoms with van der Waals surface area (Å²) in [7, 11) is 0. The van der Waals surface area contributed by atoms with Crippen LogP contribution in [-0.4, -0.2) is 26.9 Å². The van der Waals surface area contributed by atoms with E-state index >= 15 is 0 Å². The summed E-state index contributed by atoms with van der Waals surface area (Å²) >= 11 is 2.01. The van der Waals surface area contributed by atoms with E-state index in [4.69, 9.17) is 10.5 Å². The van der Waals surface area contributed by atoms with Crippen molar-refractivity contribution in [2.45, 2.75) is 38.2 Å². The summed E-state index contributed by atoms with van der Waals surface area (Å²) in [5.74, 6) is 0.220. The minimum absolute atomic E-state index is 0.220. The molecule has 94 valence electrons. The van der Waals surface area contributed by atoms with Crippen molar-refractivity contribution >= 4 is 28.4 Å². The largest absolute Gasteiger partial charge is 0.390 e. The van der Waals surface area contributed by atoms with E-state index in [2.05, 4.69) is 4.98 Å². The molecule has 0 bridgehead atoms. The zero-order chi connectivity index (χ0) is 12.6. The smallest absolute Gasteiger partial charge is 0.351 e. The zero-order valence-corrected chi connectivity index (χ0v) is 11.5. The van der Waals surface area contributed by atoms with Crippen molar-refractivity contribution in [3.8, 4) is 0 Å². The Labute approximate surface area is 112 Å². The van der Waals surface area contributed by atoms with Crippen LogP contribution in [0.3, 0.4) is 0 Å². The number of ether oxygens (including phenoxy) is 1. The van der Waals surface area contributed by atoms with E-state index in [-0.39, 0.29) is 11.9 Å². The van der Waals surface area contributed by atoms with Gasteiger partial charge in [-0.25, -0.2) is 4.79 Å². The third-order valence-corrected chi connectivity index (χ3v) is 3.68. The Balaban J connectivity index is 2.30. The molecule has 0 amide bonds. The molecule has 1 aliphatic rings. The molecule has 1 aromatic heterocycles. The van der Waals surface area contributed by atoms with Crippen LogP contribution in [0.1, 0.15) is 26.0 Å². The molecular formula is C10H14IN3O3. The molecule has 1 aliphatic heterocycles. The van der Waals surface area contributed by atoms with Gasteiger partial charge in [0.05, 0.1) is 15.8 Å². The lowest BCUT2D eigenvalue weighted by Gasteiger charge is -2.15. The first-order chi connectivity index (χ1) is 8.02. The second kappa shape index (κ2) is 4.91. The van der Waals surface area contributed by atoms with Gasteiger partial charge in [0.2, 0.25) is 0 Å². The first-order valence-electron chi connectivity index (χ1n) is 5.40. The highest BCUT2D eigenvalue weighted by molar-refractivity contribution is 14.1. The summed E-state index contributed by atoms with van der Waals surface area (Å²) in [6, 6.07) is 0. The van der Waals surface area contributed by atoms with Crippen molar-refractivity contribution in [1.29, 1.82) is 0 Å². The molecule has 7 heteroatoms. The first-order valence-corrected chi connectivity index (χ1v) is 6.48. The van der Waals surface area contributed by atoms with Gasteiger partial charge in [-0.1, -0.05) is 6.92 Å². The van der Waals surface area contributed by atoms with Gasteiger partial charge in [0.25, 0.3) is 0 Å². The summed E-state index contributed by atoms with van der Waals surface area (Å²) in [6.45, 7) is 1.93. The van der Waals surface area contributed by atoms with Gasteiger partial charge in [0.15, 0.2) is 0 Å². The molecule has 2 rings (SSSR count). The third kappa shape index (κ3) is 2.45. The van der Waals surface area contributed by atoms with Gasteiger partial charge >= 0.3 is 5.69 Å². The molecule has 0 unspecified atom stereocenters. The van der Waals surface area contributed by atoms with Gasteiger partial charge in [-0.05, 0) is 29.0 Å². The topological polar surface area (TPSA) is 90.4 Å². The molecule has 0 aromatic carbocycles. The van der Waals surface area contributed by atoms with Crippen LogP contribution in [0.5, 0.6) is 0 Å². The molecule has 17 heavy (non-hydrogen) atoms. The molecule has 0 aliphatic carbocycles. The Kier molecular flexibility index (Phi) is 3.69. The van der Waals surface area contributed by atoms with Crippen molar-refractivity contribution in [2.24, 2.45) is 0 Å². The number of halogens is 1. The number of nitrogens with zero attached hydrogens (tertiary/aromatic N) is 2. The van der Waals surface area contributed by atoms with Crippen LogP contribution in [0.15, 0.2) is 11.0 Å². The number of anilines is 1. The molecule has 0 spiro atoms. The molecule has 6 nitrogen and oxygen atoms in total. The molecule has 0 saturated carbocycles. The number of rotatable bonds is 2. The normalized spacial score (nSPS) is 28.5. The lowest BCUT2D eigenvalue weighted by Crippen LogP contribution is -2.28. The average Bonchev–Trinajstić information content (AvgIpc) is 2.65. The number of nitrogens with two attached hydrogens (primary N) is 1. The van der Waals surface area contributed by atoms with Crippen LogP contribution in [0.25, 0.3) is 0 Å². The van der Waals surface area contributed by atoms with Crippen molar-refractivity contribution in [3.63, 3.8) is 0 Å². The van der Waals surface area contributed by atoms with Crippen LogP contribution >= 0.6 is 22.6 Å². The SMILES string of the molecule is CC[C@H]1O[C@@H](n2cc(I)c(N)nc2=O)C[C@H]1O. The minimum Gasteiger partial charge on any atom is -0.390 e. The van der Waals surface area contributed by atoms with E-state index < -0.39 is 18.0 Å². The highest BCUT2D eigenvalue weighted by Gasteiger charge is 2.34. The van der Waals surface area contributed by atoms with E-state index in [1.165, 1.54) is 4.57 Å². The maximum absolute atomic E-state index is 11.7. The number of aliphatic hydroxyl groups excluding tert-OH is 1. The lowest BCUT2D eigenvalue weighted by atomic mass is 10.1. The fraction of sp³-hybridized carbons (Fsp3) is 0.600. The van der Waals surface area contributed by atoms with Crippen molar-refractivity contribution in [2.75, 3.05) is 5.73 Å². The van der Waals surface area contributed by atoms with Crippen LogP contribution < -0.4 is 11.4 Å². The Morgan fingerprint density at radius 1 is 1.76 bits per heavy atom. The van der Waals surface area contributed by atoms with Gasteiger partial charge in [-0.15, -0.1) is 0 Å². The molecule has 3 atom stereocenters. The molecule has 2 heterocycles. The number of hydrogen-bond donors (Lipinski definition) is 2. The van der Waals surface area contributed by atoms with Crippen molar-refractivity contribution in [1.82, 2.24) is 9.55 Å². The van der Waals surface area contributed by atoms with Gasteiger partial charge in [-0.2, -0.15) is 4.98 Å². The number of hydrogen-bond acceptors (Lipinski definition) is 5. The fourth-order valence-electron chi connectivity index (χ4n) is 1.92. The van der Waals surface area contributed by atoms with E-state index in [0.717, 1.165) is 0 Å². The second-order valence-corrected chi connectivity index (χ2v) is 5.17. The standard InChI is InChI=1S/C10H14IN3O3/c1-2-7-6(15)3-8(17-7)14-4-5(11)9(12)13-10(14)16/h4,6-8,15H,2-3H2,1H3,(H2,12,13,16)/t6-,7-,8-/m1/s1. The minimum atomic E-state index is -0.535. The maximum atomic E-state index is 11.7. The summed E-state index contributed by atoms with van der Waals surface area (Å²) in [4.78, 5) is 15.4. The summed E-state index contributed by atoms with van der Waals surface area (Å²) < 4.78 is 7.69. The van der Waals surface area contributed by atoms with Crippen LogP contribution in [0.2, 0.25) is 0 Å². The maximum Gasteiger partial charge on any atom is 0.351 e. The Morgan fingerprint density at radius 3 is 3.06 bits per heavy atom. The average molecular weight is 351 g/mol. The van der Waals surface area contributed by atoms with Crippen LogP contribution in [0.4, 0.5) is 5.82 Å². The first kappa shape index (κ1) is 12.8. The highest BCUT2D eigenvalue weighted by atomic mass is 127. The molecule has 1 fully saturated rings. The van der Waals surface area contributed by atoms with E-state index in [1.54, 1.807) is 6.20 Å². The zero-order valence-electron chi connectivity index (χ0n) is 9.34. The number of nitrogen functional groups attached to an aromatic ring is 1. The van der Waals surface area contributed by atoms with E-state index in [0.29, 0.717) is 16.4 Å². The van der Waals surface area contributed by atoms with E-state index in [9.17, 15) is 9.90 Å². The number of aliphatic hydroxyl groups is 1. The summed E-state index contributed by atoms with van der Waals surface area (Å²) in [5.41, 5.74) is 5.10. The van der Waals surface area contributed by atoms with Crippen molar-refractivity contribution in [3.05, 3.63) is 20.3 Å². The van der Waals surface area contributed by atoms with Gasteiger partial charge < -0.3 is 15.6 Å². The highest BCUT2D eigenvalue weighted by Crippen LogP contribution is 2.29. The monoisotopic (exact) mass is 351 g/mol. The summed E-state index contributed by atoms with van der Waals surface area (Å²) in [6.07, 6.45) is 1.52. The summed E-state index contributed by atoms with van der Waals surface area (Å²) in [5, 5.41) is 9.75. The third-order valence-electron chi connectivity index (χ3n) is 2.85. The quantitative estimate of drug-likeness (QED) is 0.757. The molecule has 1 aromatic rings.